The number of guanidine groups is 1. The summed E-state index contributed by atoms with van der Waals surface area (Å²) >= 11 is 5.90. The van der Waals surface area contributed by atoms with Crippen LogP contribution in [-0.4, -0.2) is 76.1 Å². The number of nitrogen functional groups attached to an aromatic ring is 2. The highest BCUT2D eigenvalue weighted by Gasteiger charge is 2.41. The zero-order valence-electron chi connectivity index (χ0n) is 24.0. The Kier molecular flexibility index (Phi) is 7.87. The Hall–Kier alpha value is -5.04. The van der Waals surface area contributed by atoms with Gasteiger partial charge < -0.3 is 41.0 Å². The highest BCUT2D eigenvalue weighted by Crippen LogP contribution is 2.28. The third kappa shape index (κ3) is 5.78. The predicted molar refractivity (Wildman–Crippen MR) is 167 cm³/mol. The molecule has 2 fully saturated rings. The average molecular weight is 618 g/mol. The summed E-state index contributed by atoms with van der Waals surface area (Å²) in [4.78, 5) is 40.1. The summed E-state index contributed by atoms with van der Waals surface area (Å²) < 4.78 is 13.2. The lowest BCUT2D eigenvalue weighted by Crippen LogP contribution is -2.53. The van der Waals surface area contributed by atoms with Crippen LogP contribution in [0, 0.1) is 0 Å². The lowest BCUT2D eigenvalue weighted by atomic mass is 9.88. The Morgan fingerprint density at radius 2 is 1.80 bits per heavy atom. The third-order valence-electron chi connectivity index (χ3n) is 8.01. The van der Waals surface area contributed by atoms with Gasteiger partial charge in [-0.05, 0) is 55.3 Å². The lowest BCUT2D eigenvalue weighted by Gasteiger charge is -2.38. The van der Waals surface area contributed by atoms with Crippen molar-refractivity contribution in [3.05, 3.63) is 71.1 Å². The number of nitrogens with zero attached hydrogens (tertiary/aromatic N) is 5. The number of aromatic nitrogens is 3. The molecule has 6 rings (SSSR count). The standard InChI is InChI=1S/C30H32ClN9O4/c1-43-18-5-7-19(8-6-18)44-16-15-39-12-9-20-21(3-2-4-22(20)39)28(42)40-13-10-30(11-14-40)17-34-29(38-30)37-27(41)23-25(32)36-26(33)24(31)35-23/h2-9,12H,10-11,13-17H2,1H3,(H4,32,33,36)(H2,34,37,38,41). The van der Waals surface area contributed by atoms with Crippen molar-refractivity contribution >= 4 is 51.9 Å². The molecule has 4 aromatic rings. The minimum Gasteiger partial charge on any atom is -0.497 e. The number of methoxy groups -OCH3 is 1. The molecule has 0 saturated carbocycles. The Morgan fingerprint density at radius 3 is 2.55 bits per heavy atom. The summed E-state index contributed by atoms with van der Waals surface area (Å²) in [5.74, 6) is 0.947. The van der Waals surface area contributed by atoms with Gasteiger partial charge in [0.15, 0.2) is 28.4 Å². The smallest absolute Gasteiger partial charge is 0.302 e. The molecule has 1 spiro atoms. The molecular formula is C30H32ClN9O4. The molecule has 14 heteroatoms. The number of anilines is 2. The molecule has 0 unspecified atom stereocenters. The van der Waals surface area contributed by atoms with Crippen LogP contribution in [0.3, 0.4) is 0 Å². The van der Waals surface area contributed by atoms with Gasteiger partial charge in [-0.15, -0.1) is 0 Å². The quantitative estimate of drug-likeness (QED) is 0.241. The van der Waals surface area contributed by atoms with Crippen LogP contribution in [0.2, 0.25) is 5.15 Å². The van der Waals surface area contributed by atoms with Crippen LogP contribution in [0.1, 0.15) is 33.7 Å². The van der Waals surface area contributed by atoms with Gasteiger partial charge in [0.2, 0.25) is 0 Å². The van der Waals surface area contributed by atoms with Crippen molar-refractivity contribution < 1.29 is 19.1 Å². The minimum atomic E-state index is -0.691. The first-order valence-electron chi connectivity index (χ1n) is 14.1. The summed E-state index contributed by atoms with van der Waals surface area (Å²) in [5, 5.41) is 7.27. The highest BCUT2D eigenvalue weighted by atomic mass is 35.5. The Labute approximate surface area is 258 Å². The third-order valence-corrected chi connectivity index (χ3v) is 8.29. The molecule has 2 saturated heterocycles. The van der Waals surface area contributed by atoms with Crippen LogP contribution in [-0.2, 0) is 6.54 Å². The van der Waals surface area contributed by atoms with Crippen molar-refractivity contribution in [1.82, 2.24) is 30.1 Å². The zero-order valence-corrected chi connectivity index (χ0v) is 24.8. The van der Waals surface area contributed by atoms with E-state index < -0.39 is 5.91 Å². The van der Waals surface area contributed by atoms with Crippen molar-refractivity contribution in [2.75, 3.05) is 44.8 Å². The lowest BCUT2D eigenvalue weighted by molar-refractivity contribution is 0.0671. The van der Waals surface area contributed by atoms with Gasteiger partial charge in [0, 0.05) is 42.3 Å². The van der Waals surface area contributed by atoms with Gasteiger partial charge >= 0.3 is 5.91 Å². The van der Waals surface area contributed by atoms with Crippen molar-refractivity contribution in [3.8, 4) is 11.5 Å². The van der Waals surface area contributed by atoms with Gasteiger partial charge in [0.1, 0.15) is 18.1 Å². The van der Waals surface area contributed by atoms with Gasteiger partial charge in [0.25, 0.3) is 5.91 Å². The van der Waals surface area contributed by atoms with Gasteiger partial charge in [-0.2, -0.15) is 4.99 Å². The topological polar surface area (TPSA) is 175 Å². The second kappa shape index (κ2) is 11.9. The molecule has 4 heterocycles. The van der Waals surface area contributed by atoms with Crippen LogP contribution in [0.5, 0.6) is 11.5 Å². The molecule has 2 aliphatic rings. The normalized spacial score (nSPS) is 16.6. The molecule has 0 bridgehead atoms. The maximum Gasteiger partial charge on any atom is 0.302 e. The highest BCUT2D eigenvalue weighted by molar-refractivity contribution is 6.31. The van der Waals surface area contributed by atoms with E-state index in [1.165, 1.54) is 0 Å². The van der Waals surface area contributed by atoms with Gasteiger partial charge in [-0.1, -0.05) is 17.7 Å². The average Bonchev–Trinajstić information content (AvgIpc) is 3.63. The first kappa shape index (κ1) is 29.1. The fourth-order valence-corrected chi connectivity index (χ4v) is 5.69. The fraction of sp³-hybridized carbons (Fsp3) is 0.300. The molecular weight excluding hydrogens is 586 g/mol. The number of fused-ring (bicyclic) bond motifs is 1. The number of rotatable bonds is 7. The minimum absolute atomic E-state index is 0.0120. The Balaban J connectivity index is 1.07. The zero-order chi connectivity index (χ0) is 30.8. The summed E-state index contributed by atoms with van der Waals surface area (Å²) in [6.07, 6.45) is 3.33. The number of carbonyl (C=O) groups excluding carboxylic acids is 2. The van der Waals surface area contributed by atoms with E-state index in [0.29, 0.717) is 57.2 Å². The molecule has 44 heavy (non-hydrogen) atoms. The number of carbonyl (C=O) groups is 2. The Morgan fingerprint density at radius 1 is 1.05 bits per heavy atom. The molecule has 0 radical (unpaired) electrons. The van der Waals surface area contributed by atoms with E-state index in [1.54, 1.807) is 7.11 Å². The monoisotopic (exact) mass is 617 g/mol. The summed E-state index contributed by atoms with van der Waals surface area (Å²) in [5.41, 5.74) is 12.5. The van der Waals surface area contributed by atoms with Crippen molar-refractivity contribution in [1.29, 1.82) is 0 Å². The van der Waals surface area contributed by atoms with Crippen LogP contribution in [0.15, 0.2) is 59.7 Å². The van der Waals surface area contributed by atoms with Crippen molar-refractivity contribution in [2.24, 2.45) is 4.99 Å². The number of aliphatic imine (C=N–C) groups is 1. The summed E-state index contributed by atoms with van der Waals surface area (Å²) in [6.45, 7) is 2.77. The summed E-state index contributed by atoms with van der Waals surface area (Å²) in [6, 6.07) is 15.2. The first-order valence-corrected chi connectivity index (χ1v) is 14.5. The van der Waals surface area contributed by atoms with Crippen LogP contribution in [0.4, 0.5) is 11.6 Å². The molecule has 0 atom stereocenters. The summed E-state index contributed by atoms with van der Waals surface area (Å²) in [7, 11) is 1.63. The van der Waals surface area contributed by atoms with Crippen LogP contribution in [0.25, 0.3) is 10.9 Å². The largest absolute Gasteiger partial charge is 0.497 e. The SMILES string of the molecule is COc1ccc(OCCn2ccc3c(C(=O)N4CCC5(CC4)CN/C(=N\C(=O)c4nc(Cl)c(N)nc4N)N5)cccc32)cc1. The maximum absolute atomic E-state index is 13.7. The first-order chi connectivity index (χ1) is 21.2. The number of halogens is 1. The molecule has 0 aliphatic carbocycles. The van der Waals surface area contributed by atoms with E-state index in [-0.39, 0.29) is 33.9 Å². The molecule has 2 aliphatic heterocycles. The van der Waals surface area contributed by atoms with Crippen molar-refractivity contribution in [3.63, 3.8) is 0 Å². The van der Waals surface area contributed by atoms with E-state index in [9.17, 15) is 9.59 Å². The number of ether oxygens (including phenoxy) is 2. The number of hydrogen-bond donors (Lipinski definition) is 4. The number of nitrogens with one attached hydrogen (secondary N) is 2. The number of likely N-dealkylation sites (tertiary alicyclic amines) is 1. The Bertz CT molecular complexity index is 1750. The molecule has 6 N–H and O–H groups in total. The second-order valence-electron chi connectivity index (χ2n) is 10.7. The van der Waals surface area contributed by atoms with E-state index in [0.717, 1.165) is 22.4 Å². The van der Waals surface area contributed by atoms with E-state index >= 15 is 0 Å². The van der Waals surface area contributed by atoms with Crippen molar-refractivity contribution in [2.45, 2.75) is 24.9 Å². The number of amides is 2. The van der Waals surface area contributed by atoms with Crippen LogP contribution >= 0.6 is 11.6 Å². The van der Waals surface area contributed by atoms with E-state index in [1.807, 2.05) is 59.6 Å². The maximum atomic E-state index is 13.7. The van der Waals surface area contributed by atoms with Gasteiger partial charge in [-0.25, -0.2) is 9.97 Å². The number of nitrogens with two attached hydrogens (primary N) is 2. The van der Waals surface area contributed by atoms with E-state index in [2.05, 4.69) is 30.2 Å². The number of hydrogen-bond acceptors (Lipinski definition) is 8. The fourth-order valence-electron chi connectivity index (χ4n) is 5.56. The van der Waals surface area contributed by atoms with E-state index in [4.69, 9.17) is 32.5 Å². The molecule has 13 nitrogen and oxygen atoms in total. The second-order valence-corrected chi connectivity index (χ2v) is 11.1. The number of benzene rings is 2. The predicted octanol–water partition coefficient (Wildman–Crippen LogP) is 2.70. The number of piperidine rings is 1. The molecule has 2 amide bonds. The van der Waals surface area contributed by atoms with Crippen LogP contribution < -0.4 is 31.6 Å². The molecule has 228 valence electrons. The van der Waals surface area contributed by atoms with Gasteiger partial charge in [0.05, 0.1) is 19.2 Å². The molecule has 2 aromatic heterocycles. The van der Waals surface area contributed by atoms with Gasteiger partial charge in [-0.3, -0.25) is 9.59 Å². The molecule has 2 aromatic carbocycles.